The molecule has 3 rings (SSSR count). The number of hydrogen-bond donors (Lipinski definition) is 1. The van der Waals surface area contributed by atoms with E-state index in [9.17, 15) is 0 Å². The predicted molar refractivity (Wildman–Crippen MR) is 77.8 cm³/mol. The van der Waals surface area contributed by atoms with Gasteiger partial charge >= 0.3 is 0 Å². The van der Waals surface area contributed by atoms with E-state index in [1.807, 2.05) is 23.7 Å². The number of nitrogens with two attached hydrogens (primary N) is 1. The number of hydrogen-bond acceptors (Lipinski definition) is 5. The molecule has 18 heavy (non-hydrogen) atoms. The first-order chi connectivity index (χ1) is 8.74. The minimum Gasteiger partial charge on any atom is -0.375 e. The fraction of sp³-hybridized carbons (Fsp3) is 0.0769. The van der Waals surface area contributed by atoms with Crippen molar-refractivity contribution in [3.05, 3.63) is 41.4 Å². The van der Waals surface area contributed by atoms with Crippen LogP contribution in [0.3, 0.4) is 0 Å². The van der Waals surface area contributed by atoms with E-state index in [1.165, 1.54) is 22.5 Å². The Morgan fingerprint density at radius 3 is 2.78 bits per heavy atom. The third-order valence-electron chi connectivity index (χ3n) is 2.66. The Hall–Kier alpha value is -1.72. The van der Waals surface area contributed by atoms with Crippen LogP contribution in [0.25, 0.3) is 21.1 Å². The van der Waals surface area contributed by atoms with E-state index in [2.05, 4.69) is 29.0 Å². The number of aryl methyl sites for hydroxylation is 1. The van der Waals surface area contributed by atoms with Gasteiger partial charge < -0.3 is 5.73 Å². The lowest BCUT2D eigenvalue weighted by atomic mass is 10.1. The molecule has 3 nitrogen and oxygen atoms in total. The lowest BCUT2D eigenvalue weighted by Crippen LogP contribution is -1.80. The smallest absolute Gasteiger partial charge is 0.180 e. The Morgan fingerprint density at radius 2 is 2.06 bits per heavy atom. The lowest BCUT2D eigenvalue weighted by Gasteiger charge is -1.99. The van der Waals surface area contributed by atoms with Crippen LogP contribution in [-0.2, 0) is 0 Å². The average Bonchev–Trinajstić information content (AvgIpc) is 2.98. The number of nitrogens with zero attached hydrogens (tertiary/aromatic N) is 2. The number of rotatable bonds is 2. The molecule has 2 N–H and O–H groups in total. The highest BCUT2D eigenvalue weighted by Crippen LogP contribution is 2.34. The maximum Gasteiger partial charge on any atom is 0.180 e. The molecule has 90 valence electrons. The second-order valence-electron chi connectivity index (χ2n) is 3.92. The van der Waals surface area contributed by atoms with Crippen molar-refractivity contribution >= 4 is 27.8 Å². The molecule has 2 aromatic heterocycles. The molecule has 0 atom stereocenters. The van der Waals surface area contributed by atoms with Crippen molar-refractivity contribution in [1.82, 2.24) is 9.97 Å². The fourth-order valence-electron chi connectivity index (χ4n) is 1.73. The molecule has 3 aromatic rings. The van der Waals surface area contributed by atoms with Gasteiger partial charge in [-0.1, -0.05) is 24.3 Å². The third-order valence-corrected chi connectivity index (χ3v) is 4.38. The van der Waals surface area contributed by atoms with Crippen LogP contribution in [0.1, 0.15) is 5.56 Å². The molecule has 0 saturated heterocycles. The van der Waals surface area contributed by atoms with E-state index in [1.54, 1.807) is 11.3 Å². The van der Waals surface area contributed by atoms with Crippen LogP contribution in [0.15, 0.2) is 35.8 Å². The number of aromatic nitrogens is 2. The molecule has 0 amide bonds. The van der Waals surface area contributed by atoms with E-state index in [0.717, 1.165) is 15.6 Å². The van der Waals surface area contributed by atoms with Crippen LogP contribution in [-0.4, -0.2) is 9.97 Å². The van der Waals surface area contributed by atoms with Crippen LogP contribution in [0.5, 0.6) is 0 Å². The van der Waals surface area contributed by atoms with Crippen molar-refractivity contribution in [1.29, 1.82) is 0 Å². The summed E-state index contributed by atoms with van der Waals surface area (Å²) in [6.45, 7) is 2.09. The van der Waals surface area contributed by atoms with Gasteiger partial charge in [-0.25, -0.2) is 9.97 Å². The zero-order chi connectivity index (χ0) is 12.5. The zero-order valence-electron chi connectivity index (χ0n) is 9.75. The van der Waals surface area contributed by atoms with E-state index in [4.69, 9.17) is 5.73 Å². The van der Waals surface area contributed by atoms with Crippen LogP contribution < -0.4 is 5.73 Å². The summed E-state index contributed by atoms with van der Waals surface area (Å²) in [6, 6.07) is 8.25. The first kappa shape index (κ1) is 11.4. The standard InChI is InChI=1S/C13H11N3S2/c1-8-4-2-3-5-9(8)12-15-6-11(18-12)10-7-17-13(14)16-10/h2-7H,1H3,(H2,14,16). The van der Waals surface area contributed by atoms with Gasteiger partial charge in [0, 0.05) is 17.1 Å². The molecule has 0 aliphatic rings. The molecular weight excluding hydrogens is 262 g/mol. The maximum absolute atomic E-state index is 5.65. The third kappa shape index (κ3) is 2.02. The predicted octanol–water partition coefficient (Wildman–Crippen LogP) is 3.82. The Balaban J connectivity index is 2.02. The second-order valence-corrected chi connectivity index (χ2v) is 5.84. The summed E-state index contributed by atoms with van der Waals surface area (Å²) < 4.78 is 0. The minimum atomic E-state index is 0.593. The summed E-state index contributed by atoms with van der Waals surface area (Å²) >= 11 is 3.10. The van der Waals surface area contributed by atoms with E-state index in [0.29, 0.717) is 5.13 Å². The molecule has 0 spiro atoms. The Morgan fingerprint density at radius 1 is 1.22 bits per heavy atom. The van der Waals surface area contributed by atoms with Gasteiger partial charge in [-0.3, -0.25) is 0 Å². The molecule has 0 unspecified atom stereocenters. The summed E-state index contributed by atoms with van der Waals surface area (Å²) in [7, 11) is 0. The molecule has 2 heterocycles. The number of nitrogen functional groups attached to an aromatic ring is 1. The van der Waals surface area contributed by atoms with E-state index in [-0.39, 0.29) is 0 Å². The quantitative estimate of drug-likeness (QED) is 0.772. The van der Waals surface area contributed by atoms with Gasteiger partial charge in [0.2, 0.25) is 0 Å². The monoisotopic (exact) mass is 273 g/mol. The molecule has 0 saturated carbocycles. The van der Waals surface area contributed by atoms with Gasteiger partial charge in [0.15, 0.2) is 5.13 Å². The lowest BCUT2D eigenvalue weighted by molar-refractivity contribution is 1.37. The summed E-state index contributed by atoms with van der Waals surface area (Å²) in [5.41, 5.74) is 8.97. The molecule has 1 aromatic carbocycles. The van der Waals surface area contributed by atoms with Crippen molar-refractivity contribution in [3.8, 4) is 21.1 Å². The van der Waals surface area contributed by atoms with Crippen LogP contribution in [0, 0.1) is 6.92 Å². The minimum absolute atomic E-state index is 0.593. The number of thiazole rings is 2. The van der Waals surface area contributed by atoms with Crippen molar-refractivity contribution < 1.29 is 0 Å². The topological polar surface area (TPSA) is 51.8 Å². The largest absolute Gasteiger partial charge is 0.375 e. The van der Waals surface area contributed by atoms with Crippen molar-refractivity contribution in [2.45, 2.75) is 6.92 Å². The molecule has 0 radical (unpaired) electrons. The molecule has 0 aliphatic carbocycles. The van der Waals surface area contributed by atoms with Gasteiger partial charge in [-0.15, -0.1) is 22.7 Å². The first-order valence-electron chi connectivity index (χ1n) is 5.47. The van der Waals surface area contributed by atoms with Crippen molar-refractivity contribution in [3.63, 3.8) is 0 Å². The Bertz CT molecular complexity index is 685. The highest BCUT2D eigenvalue weighted by molar-refractivity contribution is 7.19. The SMILES string of the molecule is Cc1ccccc1-c1ncc(-c2csc(N)n2)s1. The Labute approximate surface area is 113 Å². The van der Waals surface area contributed by atoms with Gasteiger partial charge in [0.25, 0.3) is 0 Å². The first-order valence-corrected chi connectivity index (χ1v) is 7.17. The zero-order valence-corrected chi connectivity index (χ0v) is 11.4. The van der Waals surface area contributed by atoms with Crippen molar-refractivity contribution in [2.24, 2.45) is 0 Å². The Kier molecular flexibility index (Phi) is 2.85. The van der Waals surface area contributed by atoms with Gasteiger partial charge in [-0.05, 0) is 12.5 Å². The summed E-state index contributed by atoms with van der Waals surface area (Å²) in [5, 5.41) is 3.58. The maximum atomic E-state index is 5.65. The van der Waals surface area contributed by atoms with Gasteiger partial charge in [0.1, 0.15) is 5.01 Å². The van der Waals surface area contributed by atoms with Crippen LogP contribution in [0.4, 0.5) is 5.13 Å². The van der Waals surface area contributed by atoms with Crippen LogP contribution in [0.2, 0.25) is 0 Å². The molecule has 0 bridgehead atoms. The van der Waals surface area contributed by atoms with Crippen molar-refractivity contribution in [2.75, 3.05) is 5.73 Å². The van der Waals surface area contributed by atoms with Gasteiger partial charge in [0.05, 0.1) is 10.6 Å². The highest BCUT2D eigenvalue weighted by atomic mass is 32.1. The number of anilines is 1. The van der Waals surface area contributed by atoms with E-state index >= 15 is 0 Å². The summed E-state index contributed by atoms with van der Waals surface area (Å²) in [6.07, 6.45) is 1.86. The second kappa shape index (κ2) is 4.51. The van der Waals surface area contributed by atoms with E-state index < -0.39 is 0 Å². The number of benzene rings is 1. The fourth-order valence-corrected chi connectivity index (χ4v) is 3.34. The average molecular weight is 273 g/mol. The summed E-state index contributed by atoms with van der Waals surface area (Å²) in [5.74, 6) is 0. The van der Waals surface area contributed by atoms with Crippen LogP contribution >= 0.6 is 22.7 Å². The molecule has 5 heteroatoms. The van der Waals surface area contributed by atoms with Gasteiger partial charge in [-0.2, -0.15) is 0 Å². The normalized spacial score (nSPS) is 10.7. The molecule has 0 fully saturated rings. The summed E-state index contributed by atoms with van der Waals surface area (Å²) in [4.78, 5) is 9.81. The molecule has 0 aliphatic heterocycles. The molecular formula is C13H11N3S2. The highest BCUT2D eigenvalue weighted by Gasteiger charge is 2.10.